The smallest absolute Gasteiger partial charge is 0.276 e. The molecule has 6 N–H and O–H groups in total. The van der Waals surface area contributed by atoms with Gasteiger partial charge in [-0.05, 0) is 88.9 Å². The summed E-state index contributed by atoms with van der Waals surface area (Å²) in [4.78, 5) is 60.7. The largest absolute Gasteiger partial charge is 0.366 e. The number of nitrogens with one attached hydrogen (secondary N) is 2. The Morgan fingerprint density at radius 2 is 1.31 bits per heavy atom. The molecule has 0 aliphatic carbocycles. The van der Waals surface area contributed by atoms with Gasteiger partial charge < -0.3 is 20.6 Å². The molecule has 4 aromatic heterocycles. The predicted molar refractivity (Wildman–Crippen MR) is 205 cm³/mol. The van der Waals surface area contributed by atoms with Gasteiger partial charge in [0, 0.05) is 42.9 Å². The maximum Gasteiger partial charge on any atom is 0.276 e. The van der Waals surface area contributed by atoms with Gasteiger partial charge >= 0.3 is 0 Å². The first kappa shape index (κ1) is 37.2. The molecule has 54 heavy (non-hydrogen) atoms. The minimum absolute atomic E-state index is 0.299. The summed E-state index contributed by atoms with van der Waals surface area (Å²) >= 11 is 0. The van der Waals surface area contributed by atoms with Crippen LogP contribution in [-0.4, -0.2) is 62.3 Å². The van der Waals surface area contributed by atoms with Crippen LogP contribution in [0.1, 0.15) is 91.8 Å². The maximum absolute atomic E-state index is 13.8. The summed E-state index contributed by atoms with van der Waals surface area (Å²) in [5.41, 5.74) is 17.4. The van der Waals surface area contributed by atoms with Gasteiger partial charge in [-0.1, -0.05) is 13.0 Å². The molecule has 280 valence electrons. The summed E-state index contributed by atoms with van der Waals surface area (Å²) in [7, 11) is 0. The van der Waals surface area contributed by atoms with Gasteiger partial charge in [0.2, 0.25) is 23.7 Å². The molecule has 0 unspecified atom stereocenters. The fraction of sp³-hybridized carbons (Fsp3) is 0.316. The molecular formula is C38H44N12O4. The van der Waals surface area contributed by atoms with Crippen molar-refractivity contribution in [2.45, 2.75) is 79.6 Å². The number of nitrogens with two attached hydrogens (primary N) is 2. The number of anilines is 2. The summed E-state index contributed by atoms with van der Waals surface area (Å²) < 4.78 is 7.13. The minimum atomic E-state index is -0.586. The van der Waals surface area contributed by atoms with E-state index in [1.807, 2.05) is 36.8 Å². The molecule has 4 amide bonds. The molecule has 2 aromatic carbocycles. The number of carbonyl (C=O) groups excluding carboxylic acids is 4. The van der Waals surface area contributed by atoms with Gasteiger partial charge in [0.1, 0.15) is 11.4 Å². The number of imidazole rings is 2. The van der Waals surface area contributed by atoms with E-state index in [1.54, 1.807) is 57.9 Å². The van der Waals surface area contributed by atoms with E-state index in [-0.39, 0.29) is 11.8 Å². The van der Waals surface area contributed by atoms with E-state index in [0.29, 0.717) is 109 Å². The first-order valence-electron chi connectivity index (χ1n) is 17.9. The summed E-state index contributed by atoms with van der Waals surface area (Å²) in [6.45, 7) is 13.3. The van der Waals surface area contributed by atoms with Crippen molar-refractivity contribution in [3.05, 3.63) is 94.6 Å². The molecule has 0 spiro atoms. The molecule has 0 fully saturated rings. The third-order valence-electron chi connectivity index (χ3n) is 9.33. The van der Waals surface area contributed by atoms with E-state index >= 15 is 0 Å². The Kier molecular flexibility index (Phi) is 10.7. The number of primary amides is 2. The van der Waals surface area contributed by atoms with Gasteiger partial charge in [-0.2, -0.15) is 10.2 Å². The van der Waals surface area contributed by atoms with Crippen LogP contribution in [0.25, 0.3) is 22.1 Å². The molecular weight excluding hydrogens is 688 g/mol. The van der Waals surface area contributed by atoms with Gasteiger partial charge in [0.05, 0.1) is 33.5 Å². The Morgan fingerprint density at radius 3 is 1.81 bits per heavy atom. The van der Waals surface area contributed by atoms with Crippen LogP contribution in [0.3, 0.4) is 0 Å². The van der Waals surface area contributed by atoms with Crippen LogP contribution < -0.4 is 22.1 Å². The zero-order valence-corrected chi connectivity index (χ0v) is 30.8. The monoisotopic (exact) mass is 732 g/mol. The Balaban J connectivity index is 1.28. The van der Waals surface area contributed by atoms with Crippen molar-refractivity contribution >= 4 is 57.6 Å². The molecule has 0 saturated carbocycles. The zero-order valence-electron chi connectivity index (χ0n) is 30.8. The number of fused-ring (bicyclic) bond motifs is 2. The highest BCUT2D eigenvalue weighted by Gasteiger charge is 2.23. The van der Waals surface area contributed by atoms with Crippen molar-refractivity contribution in [1.29, 1.82) is 0 Å². The molecule has 6 rings (SSSR count). The quantitative estimate of drug-likeness (QED) is 0.0804. The second kappa shape index (κ2) is 15.6. The molecule has 16 heteroatoms. The lowest BCUT2D eigenvalue weighted by atomic mass is 10.1. The van der Waals surface area contributed by atoms with Crippen LogP contribution in [0.15, 0.2) is 55.1 Å². The second-order valence-electron chi connectivity index (χ2n) is 13.0. The van der Waals surface area contributed by atoms with E-state index in [9.17, 15) is 19.2 Å². The van der Waals surface area contributed by atoms with Gasteiger partial charge in [0.15, 0.2) is 0 Å². The van der Waals surface area contributed by atoms with Gasteiger partial charge in [-0.25, -0.2) is 9.97 Å². The molecule has 0 bridgehead atoms. The zero-order chi connectivity index (χ0) is 38.7. The Bertz CT molecular complexity index is 2430. The van der Waals surface area contributed by atoms with Crippen molar-refractivity contribution < 1.29 is 19.2 Å². The number of hydrogen-bond donors (Lipinski definition) is 4. The lowest BCUT2D eigenvalue weighted by molar-refractivity contribution is 0.0992. The number of unbranched alkanes of at least 4 members (excludes halogenated alkanes) is 1. The fourth-order valence-electron chi connectivity index (χ4n) is 6.71. The van der Waals surface area contributed by atoms with Gasteiger partial charge in [-0.15, -0.1) is 6.58 Å². The van der Waals surface area contributed by atoms with Gasteiger partial charge in [-0.3, -0.25) is 39.2 Å². The van der Waals surface area contributed by atoms with Crippen LogP contribution in [-0.2, 0) is 32.6 Å². The number of nitrogens with zero attached hydrogens (tertiary/aromatic N) is 8. The first-order valence-corrected chi connectivity index (χ1v) is 17.9. The van der Waals surface area contributed by atoms with Crippen LogP contribution in [0.5, 0.6) is 0 Å². The highest BCUT2D eigenvalue weighted by molar-refractivity contribution is 6.05. The van der Waals surface area contributed by atoms with Crippen LogP contribution in [0.2, 0.25) is 0 Å². The Morgan fingerprint density at radius 1 is 0.759 bits per heavy atom. The molecule has 0 aliphatic rings. The van der Waals surface area contributed by atoms with E-state index in [4.69, 9.17) is 16.5 Å². The Hall–Kier alpha value is -6.58. The van der Waals surface area contributed by atoms with E-state index in [1.165, 1.54) is 0 Å². The highest BCUT2D eigenvalue weighted by Crippen LogP contribution is 2.26. The maximum atomic E-state index is 13.8. The minimum Gasteiger partial charge on any atom is -0.366 e. The highest BCUT2D eigenvalue weighted by atomic mass is 16.2. The molecule has 0 radical (unpaired) electrons. The molecule has 4 heterocycles. The first-order chi connectivity index (χ1) is 25.9. The summed E-state index contributed by atoms with van der Waals surface area (Å²) in [5.74, 6) is -1.25. The molecule has 6 aromatic rings. The van der Waals surface area contributed by atoms with Gasteiger partial charge in [0.25, 0.3) is 11.8 Å². The second-order valence-corrected chi connectivity index (χ2v) is 13.0. The average Bonchev–Trinajstić information content (AvgIpc) is 3.89. The van der Waals surface area contributed by atoms with Crippen LogP contribution >= 0.6 is 0 Å². The molecule has 0 aliphatic heterocycles. The fourth-order valence-corrected chi connectivity index (χ4v) is 6.71. The number of carbonyl (C=O) groups is 4. The number of aryl methyl sites for hydroxylation is 6. The van der Waals surface area contributed by atoms with Crippen molar-refractivity contribution in [2.24, 2.45) is 11.5 Å². The predicted octanol–water partition coefficient (Wildman–Crippen LogP) is 4.74. The molecule has 0 saturated heterocycles. The lowest BCUT2D eigenvalue weighted by Gasteiger charge is -2.13. The lowest BCUT2D eigenvalue weighted by Crippen LogP contribution is -2.21. The number of rotatable bonds is 16. The molecule has 16 nitrogen and oxygen atoms in total. The summed E-state index contributed by atoms with van der Waals surface area (Å²) in [5, 5.41) is 15.0. The normalized spacial score (nSPS) is 11.3. The average molecular weight is 733 g/mol. The van der Waals surface area contributed by atoms with E-state index < -0.39 is 11.8 Å². The van der Waals surface area contributed by atoms with E-state index in [2.05, 4.69) is 32.4 Å². The third kappa shape index (κ3) is 7.35. The number of allylic oxidation sites excluding steroid dienone is 1. The summed E-state index contributed by atoms with van der Waals surface area (Å²) in [6.07, 6.45) is 4.29. The number of benzene rings is 2. The standard InChI is InChI=1S/C38H44N12O4/c1-6-9-18-50-31(19-22(4)45-50)35(53)43-37-41-27-20-24(33(39)51)12-14-29(27)47(37)16-10-11-17-48-30-15-13-25(34(40)52)21-28(30)42-38(48)44-36(54)32-26(7-2)23(5)46-49(32)8-3/h6,12-15,19-21H,1,7-11,16-18H2,2-5H3,(H2,39,51)(H2,40,52)(H,41,43,53)(H,42,44,54). The van der Waals surface area contributed by atoms with Crippen LogP contribution in [0.4, 0.5) is 11.9 Å². The third-order valence-corrected chi connectivity index (χ3v) is 9.33. The van der Waals surface area contributed by atoms with Crippen molar-refractivity contribution in [2.75, 3.05) is 10.6 Å². The van der Waals surface area contributed by atoms with Crippen molar-refractivity contribution in [3.8, 4) is 0 Å². The SMILES string of the molecule is C=CCCn1nc(C)cc1C(=O)Nc1nc2cc(C(N)=O)ccc2n1CCCCn1c(NC(=O)c2c(CC)c(C)nn2CC)nc2cc(C(N)=O)ccc21. The topological polar surface area (TPSA) is 216 Å². The number of aromatic nitrogens is 8. The number of hydrogen-bond acceptors (Lipinski definition) is 8. The molecule has 0 atom stereocenters. The Labute approximate surface area is 311 Å². The summed E-state index contributed by atoms with van der Waals surface area (Å²) in [6, 6.07) is 11.7. The number of amides is 4. The van der Waals surface area contributed by atoms with E-state index in [0.717, 1.165) is 16.8 Å². The van der Waals surface area contributed by atoms with Crippen molar-refractivity contribution in [1.82, 2.24) is 38.7 Å². The van der Waals surface area contributed by atoms with Crippen LogP contribution in [0, 0.1) is 13.8 Å². The van der Waals surface area contributed by atoms with Crippen molar-refractivity contribution in [3.63, 3.8) is 0 Å².